The van der Waals surface area contributed by atoms with Gasteiger partial charge in [0, 0.05) is 18.0 Å². The van der Waals surface area contributed by atoms with E-state index in [4.69, 9.17) is 9.15 Å². The van der Waals surface area contributed by atoms with Gasteiger partial charge in [0.25, 0.3) is 5.91 Å². The van der Waals surface area contributed by atoms with E-state index in [9.17, 15) is 18.0 Å². The van der Waals surface area contributed by atoms with E-state index in [1.165, 1.54) is 26.3 Å². The van der Waals surface area contributed by atoms with E-state index in [2.05, 4.69) is 5.32 Å². The summed E-state index contributed by atoms with van der Waals surface area (Å²) in [7, 11) is 2.92. The van der Waals surface area contributed by atoms with Gasteiger partial charge in [-0.3, -0.25) is 4.79 Å². The molecule has 1 amide bonds. The van der Waals surface area contributed by atoms with Crippen LogP contribution < -0.4 is 10.1 Å². The number of furan rings is 1. The van der Waals surface area contributed by atoms with Crippen molar-refractivity contribution in [3.8, 4) is 17.1 Å². The number of halogens is 3. The highest BCUT2D eigenvalue weighted by Gasteiger charge is 2.31. The number of benzene rings is 2. The van der Waals surface area contributed by atoms with Crippen molar-refractivity contribution < 1.29 is 27.1 Å². The summed E-state index contributed by atoms with van der Waals surface area (Å²) in [5, 5.41) is 2.95. The second-order valence-electron chi connectivity index (χ2n) is 5.33. The van der Waals surface area contributed by atoms with Crippen molar-refractivity contribution in [1.82, 2.24) is 5.32 Å². The second-order valence-corrected chi connectivity index (χ2v) is 5.33. The molecular weight excluding hydrogens is 335 g/mol. The number of rotatable bonds is 3. The quantitative estimate of drug-likeness (QED) is 0.758. The summed E-state index contributed by atoms with van der Waals surface area (Å²) in [6.07, 6.45) is -4.49. The van der Waals surface area contributed by atoms with Gasteiger partial charge in [-0.05, 0) is 30.3 Å². The monoisotopic (exact) mass is 349 g/mol. The first-order valence-electron chi connectivity index (χ1n) is 7.35. The lowest BCUT2D eigenvalue weighted by molar-refractivity contribution is -0.137. The topological polar surface area (TPSA) is 51.5 Å². The molecule has 2 aromatic carbocycles. The molecule has 130 valence electrons. The van der Waals surface area contributed by atoms with Gasteiger partial charge < -0.3 is 14.5 Å². The summed E-state index contributed by atoms with van der Waals surface area (Å²) in [5.74, 6) is 0.127. The van der Waals surface area contributed by atoms with Gasteiger partial charge in [-0.2, -0.15) is 13.2 Å². The maximum absolute atomic E-state index is 13.0. The van der Waals surface area contributed by atoms with Crippen LogP contribution in [0.5, 0.6) is 5.75 Å². The molecule has 0 spiro atoms. The Bertz CT molecular complexity index is 944. The third-order valence-corrected chi connectivity index (χ3v) is 3.80. The van der Waals surface area contributed by atoms with Crippen LogP contribution in [0.2, 0.25) is 0 Å². The van der Waals surface area contributed by atoms with Crippen molar-refractivity contribution in [3.63, 3.8) is 0 Å². The first-order chi connectivity index (χ1) is 11.8. The summed E-state index contributed by atoms with van der Waals surface area (Å²) < 4.78 is 49.8. The minimum Gasteiger partial charge on any atom is -0.497 e. The molecule has 0 fully saturated rings. The molecule has 0 saturated carbocycles. The lowest BCUT2D eigenvalue weighted by atomic mass is 10.0. The van der Waals surface area contributed by atoms with E-state index in [1.54, 1.807) is 18.2 Å². The van der Waals surface area contributed by atoms with E-state index in [0.29, 0.717) is 16.7 Å². The van der Waals surface area contributed by atoms with Crippen molar-refractivity contribution in [2.45, 2.75) is 6.18 Å². The molecule has 0 aliphatic rings. The fourth-order valence-electron chi connectivity index (χ4n) is 2.59. The van der Waals surface area contributed by atoms with Crippen LogP contribution in [0.3, 0.4) is 0 Å². The lowest BCUT2D eigenvalue weighted by Crippen LogP contribution is -2.18. The van der Waals surface area contributed by atoms with Crippen molar-refractivity contribution in [3.05, 3.63) is 53.6 Å². The van der Waals surface area contributed by atoms with E-state index in [1.807, 2.05) is 0 Å². The van der Waals surface area contributed by atoms with Gasteiger partial charge in [-0.25, -0.2) is 0 Å². The zero-order valence-corrected chi connectivity index (χ0v) is 13.4. The number of amides is 1. The molecule has 0 aliphatic heterocycles. The minimum absolute atomic E-state index is 0.0775. The number of carbonyl (C=O) groups is 1. The molecule has 0 aliphatic carbocycles. The highest BCUT2D eigenvalue weighted by molar-refractivity contribution is 6.11. The number of hydrogen-bond acceptors (Lipinski definition) is 3. The van der Waals surface area contributed by atoms with E-state index in [-0.39, 0.29) is 16.9 Å². The molecular formula is C18H14F3NO3. The van der Waals surface area contributed by atoms with Crippen molar-refractivity contribution in [1.29, 1.82) is 0 Å². The average Bonchev–Trinajstić information content (AvgIpc) is 2.99. The van der Waals surface area contributed by atoms with Crippen LogP contribution in [0.4, 0.5) is 13.2 Å². The largest absolute Gasteiger partial charge is 0.497 e. The van der Waals surface area contributed by atoms with Gasteiger partial charge >= 0.3 is 6.18 Å². The molecule has 1 aromatic heterocycles. The highest BCUT2D eigenvalue weighted by Crippen LogP contribution is 2.38. The smallest absolute Gasteiger partial charge is 0.416 e. The molecule has 0 unspecified atom stereocenters. The zero-order chi connectivity index (χ0) is 18.2. The lowest BCUT2D eigenvalue weighted by Gasteiger charge is -2.08. The van der Waals surface area contributed by atoms with Crippen LogP contribution >= 0.6 is 0 Å². The van der Waals surface area contributed by atoms with Crippen LogP contribution in [-0.4, -0.2) is 20.1 Å². The Kier molecular flexibility index (Phi) is 4.16. The molecule has 4 nitrogen and oxygen atoms in total. The van der Waals surface area contributed by atoms with Crippen molar-refractivity contribution in [2.75, 3.05) is 14.2 Å². The molecule has 1 N–H and O–H groups in total. The van der Waals surface area contributed by atoms with Gasteiger partial charge in [0.15, 0.2) is 0 Å². The van der Waals surface area contributed by atoms with Crippen molar-refractivity contribution >= 4 is 16.9 Å². The SMILES string of the molecule is CNC(=O)c1c(-c2cccc(C(F)(F)F)c2)oc2ccc(OC)cc12. The molecule has 3 aromatic rings. The third-order valence-electron chi connectivity index (χ3n) is 3.80. The summed E-state index contributed by atoms with van der Waals surface area (Å²) in [6, 6.07) is 9.54. The molecule has 25 heavy (non-hydrogen) atoms. The number of methoxy groups -OCH3 is 1. The summed E-state index contributed by atoms with van der Waals surface area (Å²) in [4.78, 5) is 12.3. The Balaban J connectivity index is 2.27. The molecule has 1 heterocycles. The number of fused-ring (bicyclic) bond motifs is 1. The number of carbonyl (C=O) groups excluding carboxylic acids is 1. The van der Waals surface area contributed by atoms with Crippen LogP contribution in [0.15, 0.2) is 46.9 Å². The fourth-order valence-corrected chi connectivity index (χ4v) is 2.59. The standard InChI is InChI=1S/C18H14F3NO3/c1-22-17(23)15-13-9-12(24-2)6-7-14(13)25-16(15)10-4-3-5-11(8-10)18(19,20)21/h3-9H,1-2H3,(H,22,23). The Morgan fingerprint density at radius 3 is 2.56 bits per heavy atom. The van der Waals surface area contributed by atoms with E-state index >= 15 is 0 Å². The predicted molar refractivity (Wildman–Crippen MR) is 86.6 cm³/mol. The van der Waals surface area contributed by atoms with Crippen LogP contribution in [0, 0.1) is 0 Å². The first-order valence-corrected chi connectivity index (χ1v) is 7.35. The minimum atomic E-state index is -4.49. The highest BCUT2D eigenvalue weighted by atomic mass is 19.4. The van der Waals surface area contributed by atoms with Crippen LogP contribution in [-0.2, 0) is 6.18 Å². The predicted octanol–water partition coefficient (Wildman–Crippen LogP) is 4.49. The Morgan fingerprint density at radius 2 is 1.92 bits per heavy atom. The third kappa shape index (κ3) is 3.05. The van der Waals surface area contributed by atoms with Crippen molar-refractivity contribution in [2.24, 2.45) is 0 Å². The summed E-state index contributed by atoms with van der Waals surface area (Å²) >= 11 is 0. The maximum Gasteiger partial charge on any atom is 0.416 e. The number of ether oxygens (including phenoxy) is 1. The van der Waals surface area contributed by atoms with E-state index in [0.717, 1.165) is 12.1 Å². The molecule has 0 radical (unpaired) electrons. The Morgan fingerprint density at radius 1 is 1.16 bits per heavy atom. The average molecular weight is 349 g/mol. The molecule has 7 heteroatoms. The first kappa shape index (κ1) is 16.9. The Hall–Kier alpha value is -2.96. The summed E-state index contributed by atoms with van der Waals surface area (Å²) in [5.41, 5.74) is -0.1000. The zero-order valence-electron chi connectivity index (χ0n) is 13.4. The maximum atomic E-state index is 13.0. The normalized spacial score (nSPS) is 11.6. The van der Waals surface area contributed by atoms with Gasteiger partial charge in [-0.1, -0.05) is 12.1 Å². The van der Waals surface area contributed by atoms with Gasteiger partial charge in [0.1, 0.15) is 17.1 Å². The molecule has 0 atom stereocenters. The molecule has 3 rings (SSSR count). The van der Waals surface area contributed by atoms with Crippen LogP contribution in [0.25, 0.3) is 22.3 Å². The van der Waals surface area contributed by atoms with Gasteiger partial charge in [0.2, 0.25) is 0 Å². The molecule has 0 saturated heterocycles. The van der Waals surface area contributed by atoms with E-state index < -0.39 is 17.6 Å². The molecule has 0 bridgehead atoms. The summed E-state index contributed by atoms with van der Waals surface area (Å²) in [6.45, 7) is 0. The van der Waals surface area contributed by atoms with Crippen LogP contribution in [0.1, 0.15) is 15.9 Å². The number of hydrogen-bond donors (Lipinski definition) is 1. The van der Waals surface area contributed by atoms with Gasteiger partial charge in [0.05, 0.1) is 18.2 Å². The number of nitrogens with one attached hydrogen (secondary N) is 1. The Labute approximate surface area is 141 Å². The van der Waals surface area contributed by atoms with Gasteiger partial charge in [-0.15, -0.1) is 0 Å². The fraction of sp³-hybridized carbons (Fsp3) is 0.167. The number of alkyl halides is 3. The second kappa shape index (κ2) is 6.16.